The topological polar surface area (TPSA) is 55.8 Å². The molecule has 0 radical (unpaired) electrons. The van der Waals surface area contributed by atoms with Crippen molar-refractivity contribution in [2.24, 2.45) is 35.5 Å². The highest BCUT2D eigenvalue weighted by Gasteiger charge is 2.47. The summed E-state index contributed by atoms with van der Waals surface area (Å²) < 4.78 is 0. The van der Waals surface area contributed by atoms with Gasteiger partial charge in [0.15, 0.2) is 0 Å². The minimum absolute atomic E-state index is 0.109. The van der Waals surface area contributed by atoms with E-state index in [1.165, 1.54) is 50.8 Å². The van der Waals surface area contributed by atoms with Gasteiger partial charge in [-0.05, 0) is 124 Å². The van der Waals surface area contributed by atoms with Crippen molar-refractivity contribution in [2.45, 2.75) is 63.8 Å². The van der Waals surface area contributed by atoms with Crippen molar-refractivity contribution in [1.82, 2.24) is 10.2 Å². The van der Waals surface area contributed by atoms with E-state index >= 15 is 0 Å². The molecule has 1 amide bonds. The number of nitrogens with one attached hydrogen (secondary N) is 1. The van der Waals surface area contributed by atoms with Gasteiger partial charge in [-0.15, -0.1) is 0 Å². The standard InChI is InChI=1S/C29H43N3O2/c33-19-20-2-1-9-32(18-20)29(34)23-3-5-27(6-4-23)31-10-7-26(8-11-31)30-17-28-24-13-21-12-22(15-24)16-25(28)14-21/h3-6,20-22,24-26,28,30,33H,1-2,7-19H2. The number of amides is 1. The van der Waals surface area contributed by atoms with Crippen molar-refractivity contribution >= 4 is 11.6 Å². The number of hydrogen-bond acceptors (Lipinski definition) is 4. The molecule has 6 fully saturated rings. The normalized spacial score (nSPS) is 35.7. The number of carbonyl (C=O) groups excluding carboxylic acids is 1. The average Bonchev–Trinajstić information content (AvgIpc) is 2.88. The van der Waals surface area contributed by atoms with Gasteiger partial charge >= 0.3 is 0 Å². The first kappa shape index (κ1) is 22.8. The Morgan fingerprint density at radius 3 is 2.24 bits per heavy atom. The summed E-state index contributed by atoms with van der Waals surface area (Å²) in [5, 5.41) is 13.5. The van der Waals surface area contributed by atoms with Crippen molar-refractivity contribution in [3.05, 3.63) is 29.8 Å². The van der Waals surface area contributed by atoms with Crippen LogP contribution in [0.5, 0.6) is 0 Å². The van der Waals surface area contributed by atoms with Gasteiger partial charge in [0, 0.05) is 50.1 Å². The van der Waals surface area contributed by atoms with Gasteiger partial charge in [-0.25, -0.2) is 0 Å². The van der Waals surface area contributed by atoms with Crippen LogP contribution in [-0.4, -0.2) is 61.3 Å². The molecule has 2 heterocycles. The van der Waals surface area contributed by atoms with E-state index in [1.54, 1.807) is 6.42 Å². The Hall–Kier alpha value is -1.59. The van der Waals surface area contributed by atoms with Gasteiger partial charge in [0.25, 0.3) is 5.91 Å². The fourth-order valence-corrected chi connectivity index (χ4v) is 8.41. The fourth-order valence-electron chi connectivity index (χ4n) is 8.41. The number of aliphatic hydroxyl groups is 1. The molecule has 4 saturated carbocycles. The van der Waals surface area contributed by atoms with Gasteiger partial charge in [0.1, 0.15) is 0 Å². The molecule has 0 aromatic heterocycles. The Morgan fingerprint density at radius 1 is 0.912 bits per heavy atom. The van der Waals surface area contributed by atoms with Crippen LogP contribution in [0.15, 0.2) is 24.3 Å². The molecule has 1 unspecified atom stereocenters. The van der Waals surface area contributed by atoms with Crippen LogP contribution in [0.3, 0.4) is 0 Å². The van der Waals surface area contributed by atoms with Crippen LogP contribution in [0.2, 0.25) is 0 Å². The minimum Gasteiger partial charge on any atom is -0.396 e. The number of carbonyl (C=O) groups is 1. The molecule has 1 aromatic carbocycles. The quantitative estimate of drug-likeness (QED) is 0.662. The first-order valence-electron chi connectivity index (χ1n) is 14.1. The highest BCUT2D eigenvalue weighted by molar-refractivity contribution is 5.94. The van der Waals surface area contributed by atoms with Crippen molar-refractivity contribution in [1.29, 1.82) is 0 Å². The number of hydrogen-bond donors (Lipinski definition) is 2. The third-order valence-electron chi connectivity index (χ3n) is 10.1. The minimum atomic E-state index is 0.109. The predicted octanol–water partition coefficient (Wildman–Crippen LogP) is 4.16. The maximum absolute atomic E-state index is 12.9. The molecule has 0 spiro atoms. The smallest absolute Gasteiger partial charge is 0.253 e. The van der Waals surface area contributed by atoms with E-state index < -0.39 is 0 Å². The number of piperidine rings is 2. The summed E-state index contributed by atoms with van der Waals surface area (Å²) in [6.07, 6.45) is 12.1. The van der Waals surface area contributed by atoms with Crippen LogP contribution in [0.1, 0.15) is 68.1 Å². The maximum Gasteiger partial charge on any atom is 0.253 e. The number of likely N-dealkylation sites (tertiary alicyclic amines) is 1. The monoisotopic (exact) mass is 465 g/mol. The molecule has 186 valence electrons. The number of rotatable bonds is 6. The summed E-state index contributed by atoms with van der Waals surface area (Å²) in [6, 6.07) is 8.91. The van der Waals surface area contributed by atoms with Crippen molar-refractivity contribution in [3.8, 4) is 0 Å². The molecular weight excluding hydrogens is 422 g/mol. The largest absolute Gasteiger partial charge is 0.396 e. The van der Waals surface area contributed by atoms with Gasteiger partial charge in [0.2, 0.25) is 0 Å². The summed E-state index contributed by atoms with van der Waals surface area (Å²) in [4.78, 5) is 17.3. The molecule has 1 aromatic rings. The molecule has 5 nitrogen and oxygen atoms in total. The second kappa shape index (κ2) is 9.81. The third-order valence-corrected chi connectivity index (χ3v) is 10.1. The summed E-state index contributed by atoms with van der Waals surface area (Å²) >= 11 is 0. The average molecular weight is 466 g/mol. The van der Waals surface area contributed by atoms with Crippen LogP contribution < -0.4 is 10.2 Å². The zero-order valence-corrected chi connectivity index (χ0v) is 20.7. The third kappa shape index (κ3) is 4.63. The molecule has 2 aliphatic heterocycles. The zero-order valence-electron chi connectivity index (χ0n) is 20.7. The van der Waals surface area contributed by atoms with E-state index in [-0.39, 0.29) is 18.4 Å². The van der Waals surface area contributed by atoms with Gasteiger partial charge in [-0.2, -0.15) is 0 Å². The Labute approximate surface area is 205 Å². The lowest BCUT2D eigenvalue weighted by Crippen LogP contribution is -2.51. The van der Waals surface area contributed by atoms with Gasteiger partial charge in [-0.1, -0.05) is 0 Å². The molecule has 2 N–H and O–H groups in total. The molecule has 7 rings (SSSR count). The SMILES string of the molecule is O=C(c1ccc(N2CCC(NCC3C4CC5CC(C4)CC3C5)CC2)cc1)N1CCCC(CO)C1. The summed E-state index contributed by atoms with van der Waals surface area (Å²) in [7, 11) is 0. The van der Waals surface area contributed by atoms with Gasteiger partial charge < -0.3 is 20.2 Å². The highest BCUT2D eigenvalue weighted by Crippen LogP contribution is 2.56. The Kier molecular flexibility index (Phi) is 6.59. The molecule has 1 atom stereocenters. The lowest BCUT2D eigenvalue weighted by molar-refractivity contribution is -0.0365. The molecule has 2 saturated heterocycles. The first-order chi connectivity index (χ1) is 16.7. The zero-order chi connectivity index (χ0) is 23.1. The maximum atomic E-state index is 12.9. The lowest BCUT2D eigenvalue weighted by Gasteiger charge is -2.54. The van der Waals surface area contributed by atoms with E-state index in [0.717, 1.165) is 67.6 Å². The predicted molar refractivity (Wildman–Crippen MR) is 136 cm³/mol. The van der Waals surface area contributed by atoms with Crippen molar-refractivity contribution < 1.29 is 9.90 Å². The van der Waals surface area contributed by atoms with E-state index in [0.29, 0.717) is 12.6 Å². The second-order valence-corrected chi connectivity index (χ2v) is 12.3. The van der Waals surface area contributed by atoms with E-state index in [4.69, 9.17) is 0 Å². The van der Waals surface area contributed by atoms with Crippen molar-refractivity contribution in [2.75, 3.05) is 44.2 Å². The van der Waals surface area contributed by atoms with E-state index in [2.05, 4.69) is 22.3 Å². The van der Waals surface area contributed by atoms with E-state index in [9.17, 15) is 9.90 Å². The Bertz CT molecular complexity index is 819. The summed E-state index contributed by atoms with van der Waals surface area (Å²) in [5.74, 6) is 5.46. The molecule has 4 aliphatic carbocycles. The van der Waals surface area contributed by atoms with Crippen LogP contribution in [0.4, 0.5) is 5.69 Å². The molecule has 34 heavy (non-hydrogen) atoms. The van der Waals surface area contributed by atoms with Crippen LogP contribution in [0.25, 0.3) is 0 Å². The van der Waals surface area contributed by atoms with Crippen LogP contribution in [0, 0.1) is 35.5 Å². The fraction of sp³-hybridized carbons (Fsp3) is 0.759. The van der Waals surface area contributed by atoms with Crippen LogP contribution >= 0.6 is 0 Å². The number of anilines is 1. The number of aliphatic hydroxyl groups excluding tert-OH is 1. The molecule has 6 aliphatic rings. The second-order valence-electron chi connectivity index (χ2n) is 12.3. The summed E-state index contributed by atoms with van der Waals surface area (Å²) in [6.45, 7) is 5.11. The lowest BCUT2D eigenvalue weighted by atomic mass is 9.52. The van der Waals surface area contributed by atoms with Gasteiger partial charge in [0.05, 0.1) is 0 Å². The Morgan fingerprint density at radius 2 is 1.59 bits per heavy atom. The molecule has 4 bridgehead atoms. The Balaban J connectivity index is 0.976. The summed E-state index contributed by atoms with van der Waals surface area (Å²) in [5.41, 5.74) is 2.01. The number of benzene rings is 1. The van der Waals surface area contributed by atoms with E-state index in [1.807, 2.05) is 17.0 Å². The van der Waals surface area contributed by atoms with Gasteiger partial charge in [-0.3, -0.25) is 4.79 Å². The van der Waals surface area contributed by atoms with Crippen LogP contribution in [-0.2, 0) is 0 Å². The first-order valence-corrected chi connectivity index (χ1v) is 14.1. The van der Waals surface area contributed by atoms with Crippen molar-refractivity contribution in [3.63, 3.8) is 0 Å². The molecular formula is C29H43N3O2. The highest BCUT2D eigenvalue weighted by atomic mass is 16.3. The number of nitrogens with zero attached hydrogens (tertiary/aromatic N) is 2. The molecule has 5 heteroatoms.